The number of rotatable bonds is 7. The number of benzene rings is 3. The number of phenols is 1. The minimum atomic E-state index is -0.540. The monoisotopic (exact) mass is 479 g/mol. The molecule has 0 saturated heterocycles. The first-order valence-corrected chi connectivity index (χ1v) is 10.7. The standard InChI is InChI=1S/C25H22ClN3O5/c1-14(30)34-25-28-20-13-23(33-3)22(32-2)12-18(20)24(29-25)27-17-9-8-15(19(26)11-17)10-16-6-4-5-7-21(16)31/h4-9,11-13,31H,10H2,1-3H3,(H,27,28,29). The van der Waals surface area contributed by atoms with Gasteiger partial charge in [-0.1, -0.05) is 35.9 Å². The number of ether oxygens (including phenoxy) is 3. The summed E-state index contributed by atoms with van der Waals surface area (Å²) in [6.45, 7) is 1.28. The number of aromatic nitrogens is 2. The summed E-state index contributed by atoms with van der Waals surface area (Å²) in [6.07, 6.45) is 0.482. The predicted octanol–water partition coefficient (Wildman–Crippen LogP) is 5.27. The number of halogens is 1. The number of aromatic hydroxyl groups is 1. The normalized spacial score (nSPS) is 10.7. The average molecular weight is 480 g/mol. The lowest BCUT2D eigenvalue weighted by atomic mass is 10.0. The van der Waals surface area contributed by atoms with E-state index in [-0.39, 0.29) is 11.8 Å². The Labute approximate surface area is 201 Å². The summed E-state index contributed by atoms with van der Waals surface area (Å²) in [5.41, 5.74) is 2.79. The van der Waals surface area contributed by atoms with Crippen LogP contribution in [0.2, 0.25) is 5.02 Å². The molecule has 8 nitrogen and oxygen atoms in total. The van der Waals surface area contributed by atoms with Gasteiger partial charge < -0.3 is 24.6 Å². The molecular formula is C25H22ClN3O5. The summed E-state index contributed by atoms with van der Waals surface area (Å²) in [6, 6.07) is 15.9. The van der Waals surface area contributed by atoms with Gasteiger partial charge >= 0.3 is 12.0 Å². The number of anilines is 2. The molecule has 4 rings (SSSR count). The molecule has 1 heterocycles. The number of hydrogen-bond acceptors (Lipinski definition) is 8. The van der Waals surface area contributed by atoms with Crippen molar-refractivity contribution < 1.29 is 24.1 Å². The fourth-order valence-corrected chi connectivity index (χ4v) is 3.72. The van der Waals surface area contributed by atoms with Crippen molar-refractivity contribution in [1.29, 1.82) is 0 Å². The van der Waals surface area contributed by atoms with Gasteiger partial charge in [0.2, 0.25) is 0 Å². The zero-order valence-corrected chi connectivity index (χ0v) is 19.5. The number of para-hydroxylation sites is 1. The van der Waals surface area contributed by atoms with Crippen molar-refractivity contribution in [2.75, 3.05) is 19.5 Å². The molecule has 0 atom stereocenters. The number of carbonyl (C=O) groups is 1. The minimum absolute atomic E-state index is 0.100. The quantitative estimate of drug-likeness (QED) is 0.346. The average Bonchev–Trinajstić information content (AvgIpc) is 2.81. The smallest absolute Gasteiger partial charge is 0.326 e. The van der Waals surface area contributed by atoms with E-state index in [1.54, 1.807) is 30.3 Å². The molecule has 0 unspecified atom stereocenters. The number of hydrogen-bond donors (Lipinski definition) is 2. The Bertz CT molecular complexity index is 1380. The molecule has 0 fully saturated rings. The van der Waals surface area contributed by atoms with Crippen molar-refractivity contribution in [2.45, 2.75) is 13.3 Å². The molecular weight excluding hydrogens is 458 g/mol. The van der Waals surface area contributed by atoms with E-state index in [4.69, 9.17) is 25.8 Å². The number of esters is 1. The van der Waals surface area contributed by atoms with Gasteiger partial charge in [0, 0.05) is 35.5 Å². The number of carbonyl (C=O) groups excluding carboxylic acids is 1. The molecule has 3 aromatic carbocycles. The summed E-state index contributed by atoms with van der Waals surface area (Å²) in [5, 5.41) is 14.4. The molecule has 1 aromatic heterocycles. The van der Waals surface area contributed by atoms with Crippen molar-refractivity contribution in [1.82, 2.24) is 9.97 Å². The van der Waals surface area contributed by atoms with Crippen LogP contribution in [-0.2, 0) is 11.2 Å². The van der Waals surface area contributed by atoms with Gasteiger partial charge in [-0.05, 0) is 35.4 Å². The van der Waals surface area contributed by atoms with Gasteiger partial charge in [-0.3, -0.25) is 4.79 Å². The second-order valence-electron chi connectivity index (χ2n) is 7.41. The largest absolute Gasteiger partial charge is 0.508 e. The van der Waals surface area contributed by atoms with Crippen LogP contribution in [0.4, 0.5) is 11.5 Å². The Morgan fingerprint density at radius 3 is 2.41 bits per heavy atom. The fraction of sp³-hybridized carbons (Fsp3) is 0.160. The number of fused-ring (bicyclic) bond motifs is 1. The maximum atomic E-state index is 11.5. The Morgan fingerprint density at radius 1 is 1.00 bits per heavy atom. The minimum Gasteiger partial charge on any atom is -0.508 e. The number of phenolic OH excluding ortho intramolecular Hbond substituents is 1. The summed E-state index contributed by atoms with van der Waals surface area (Å²) < 4.78 is 15.9. The van der Waals surface area contributed by atoms with Crippen molar-refractivity contribution in [3.05, 3.63) is 70.7 Å². The van der Waals surface area contributed by atoms with Gasteiger partial charge in [-0.15, -0.1) is 0 Å². The SMILES string of the molecule is COc1cc2nc(OC(C)=O)nc(Nc3ccc(Cc4ccccc4O)c(Cl)c3)c2cc1OC. The van der Waals surface area contributed by atoms with Crippen LogP contribution in [0, 0.1) is 0 Å². The molecule has 0 aliphatic rings. The molecule has 0 saturated carbocycles. The van der Waals surface area contributed by atoms with Crippen LogP contribution in [0.1, 0.15) is 18.1 Å². The number of methoxy groups -OCH3 is 2. The Balaban J connectivity index is 1.72. The molecule has 0 spiro atoms. The molecule has 0 aliphatic heterocycles. The molecule has 0 aliphatic carbocycles. The van der Waals surface area contributed by atoms with E-state index in [0.29, 0.717) is 45.4 Å². The summed E-state index contributed by atoms with van der Waals surface area (Å²) in [4.78, 5) is 20.2. The Morgan fingerprint density at radius 2 is 1.74 bits per heavy atom. The highest BCUT2D eigenvalue weighted by Gasteiger charge is 2.16. The fourth-order valence-electron chi connectivity index (χ4n) is 3.47. The van der Waals surface area contributed by atoms with Crippen LogP contribution < -0.4 is 19.5 Å². The van der Waals surface area contributed by atoms with E-state index >= 15 is 0 Å². The van der Waals surface area contributed by atoms with Crippen LogP contribution in [0.3, 0.4) is 0 Å². The highest BCUT2D eigenvalue weighted by molar-refractivity contribution is 6.31. The van der Waals surface area contributed by atoms with Gasteiger partial charge in [-0.25, -0.2) is 0 Å². The van der Waals surface area contributed by atoms with Crippen molar-refractivity contribution in [2.24, 2.45) is 0 Å². The van der Waals surface area contributed by atoms with Crippen LogP contribution in [0.25, 0.3) is 10.9 Å². The summed E-state index contributed by atoms with van der Waals surface area (Å²) in [7, 11) is 3.06. The highest BCUT2D eigenvalue weighted by Crippen LogP contribution is 2.36. The lowest BCUT2D eigenvalue weighted by molar-refractivity contribution is -0.132. The van der Waals surface area contributed by atoms with E-state index in [2.05, 4.69) is 15.3 Å². The van der Waals surface area contributed by atoms with E-state index in [1.807, 2.05) is 24.3 Å². The van der Waals surface area contributed by atoms with Gasteiger partial charge in [0.25, 0.3) is 0 Å². The first-order chi connectivity index (χ1) is 16.4. The summed E-state index contributed by atoms with van der Waals surface area (Å²) in [5.74, 6) is 1.05. The van der Waals surface area contributed by atoms with Crippen LogP contribution in [0.15, 0.2) is 54.6 Å². The number of nitrogens with zero attached hydrogens (tertiary/aromatic N) is 2. The maximum absolute atomic E-state index is 11.5. The molecule has 0 amide bonds. The topological polar surface area (TPSA) is 103 Å². The first kappa shape index (κ1) is 23.1. The molecule has 2 N–H and O–H groups in total. The third-order valence-electron chi connectivity index (χ3n) is 5.10. The summed E-state index contributed by atoms with van der Waals surface area (Å²) >= 11 is 6.54. The Kier molecular flexibility index (Phi) is 6.70. The third-order valence-corrected chi connectivity index (χ3v) is 5.46. The maximum Gasteiger partial charge on any atom is 0.326 e. The van der Waals surface area contributed by atoms with E-state index in [9.17, 15) is 9.90 Å². The van der Waals surface area contributed by atoms with E-state index < -0.39 is 5.97 Å². The Hall–Kier alpha value is -4.04. The second kappa shape index (κ2) is 9.84. The van der Waals surface area contributed by atoms with Crippen LogP contribution in [-0.4, -0.2) is 35.3 Å². The van der Waals surface area contributed by atoms with Crippen molar-refractivity contribution in [3.8, 4) is 23.3 Å². The number of nitrogens with one attached hydrogen (secondary N) is 1. The molecule has 34 heavy (non-hydrogen) atoms. The zero-order chi connectivity index (χ0) is 24.2. The molecule has 174 valence electrons. The highest BCUT2D eigenvalue weighted by atomic mass is 35.5. The van der Waals surface area contributed by atoms with Crippen LogP contribution in [0.5, 0.6) is 23.3 Å². The van der Waals surface area contributed by atoms with Gasteiger partial charge in [0.15, 0.2) is 11.5 Å². The lowest BCUT2D eigenvalue weighted by Gasteiger charge is -2.14. The molecule has 0 bridgehead atoms. The van der Waals surface area contributed by atoms with Crippen molar-refractivity contribution in [3.63, 3.8) is 0 Å². The van der Waals surface area contributed by atoms with E-state index in [0.717, 1.165) is 11.1 Å². The van der Waals surface area contributed by atoms with Gasteiger partial charge in [0.05, 0.1) is 19.7 Å². The molecule has 9 heteroatoms. The van der Waals surface area contributed by atoms with E-state index in [1.165, 1.54) is 21.1 Å². The molecule has 4 aromatic rings. The predicted molar refractivity (Wildman–Crippen MR) is 130 cm³/mol. The first-order valence-electron chi connectivity index (χ1n) is 10.3. The molecule has 0 radical (unpaired) electrons. The third kappa shape index (κ3) is 4.97. The van der Waals surface area contributed by atoms with Gasteiger partial charge in [0.1, 0.15) is 11.6 Å². The lowest BCUT2D eigenvalue weighted by Crippen LogP contribution is -2.07. The second-order valence-corrected chi connectivity index (χ2v) is 7.82. The van der Waals surface area contributed by atoms with Crippen LogP contribution >= 0.6 is 11.6 Å². The van der Waals surface area contributed by atoms with Gasteiger partial charge in [-0.2, -0.15) is 9.97 Å². The van der Waals surface area contributed by atoms with Crippen molar-refractivity contribution >= 4 is 40.0 Å². The zero-order valence-electron chi connectivity index (χ0n) is 18.8.